The maximum Gasteiger partial charge on any atom is 0.0799 e. The molecule has 0 unspecified atom stereocenters. The van der Waals surface area contributed by atoms with Crippen molar-refractivity contribution >= 4 is 0 Å². The van der Waals surface area contributed by atoms with E-state index in [1.807, 2.05) is 0 Å². The van der Waals surface area contributed by atoms with Gasteiger partial charge in [0.2, 0.25) is 0 Å². The monoisotopic (exact) mass is 227 g/mol. The summed E-state index contributed by atoms with van der Waals surface area (Å²) in [6.45, 7) is 2.67. The molecule has 2 aromatic rings. The minimum Gasteiger partial charge on any atom is -0.325 e. The van der Waals surface area contributed by atoms with Crippen molar-refractivity contribution in [2.45, 2.75) is 32.7 Å². The molecule has 1 aliphatic carbocycles. The number of aromatic nitrogens is 2. The molecule has 1 aromatic carbocycles. The zero-order valence-corrected chi connectivity index (χ0v) is 10.1. The van der Waals surface area contributed by atoms with Crippen LogP contribution in [0.4, 0.5) is 0 Å². The molecular weight excluding hydrogens is 210 g/mol. The second kappa shape index (κ2) is 4.00. The third kappa shape index (κ3) is 1.58. The molecule has 2 N–H and O–H groups in total. The summed E-state index contributed by atoms with van der Waals surface area (Å²) in [4.78, 5) is 0. The van der Waals surface area contributed by atoms with Gasteiger partial charge in [-0.05, 0) is 43.4 Å². The molecule has 0 radical (unpaired) electrons. The van der Waals surface area contributed by atoms with Crippen molar-refractivity contribution in [2.24, 2.45) is 5.73 Å². The van der Waals surface area contributed by atoms with Crippen molar-refractivity contribution in [3.8, 4) is 5.69 Å². The molecule has 0 saturated carbocycles. The molecule has 0 amide bonds. The van der Waals surface area contributed by atoms with Gasteiger partial charge in [0, 0.05) is 12.2 Å². The summed E-state index contributed by atoms with van der Waals surface area (Å²) in [6.07, 6.45) is 3.48. The average Bonchev–Trinajstić information content (AvgIpc) is 2.91. The molecule has 1 aromatic heterocycles. The SMILES string of the molecule is Cc1ccccc1-n1nc(CN)c2c1CCC2. The summed E-state index contributed by atoms with van der Waals surface area (Å²) in [5.41, 5.74) is 12.0. The quantitative estimate of drug-likeness (QED) is 0.854. The van der Waals surface area contributed by atoms with Crippen LogP contribution in [0.5, 0.6) is 0 Å². The third-order valence-corrected chi connectivity index (χ3v) is 3.55. The summed E-state index contributed by atoms with van der Waals surface area (Å²) in [7, 11) is 0. The lowest BCUT2D eigenvalue weighted by atomic mass is 10.2. The molecule has 1 heterocycles. The van der Waals surface area contributed by atoms with Crippen LogP contribution in [-0.2, 0) is 19.4 Å². The molecule has 0 spiro atoms. The Morgan fingerprint density at radius 3 is 2.88 bits per heavy atom. The van der Waals surface area contributed by atoms with E-state index in [4.69, 9.17) is 5.73 Å². The van der Waals surface area contributed by atoms with E-state index in [0.29, 0.717) is 6.54 Å². The van der Waals surface area contributed by atoms with Crippen LogP contribution in [0.15, 0.2) is 24.3 Å². The summed E-state index contributed by atoms with van der Waals surface area (Å²) < 4.78 is 2.10. The highest BCUT2D eigenvalue weighted by Crippen LogP contribution is 2.28. The molecule has 3 heteroatoms. The fourth-order valence-corrected chi connectivity index (χ4v) is 2.68. The number of para-hydroxylation sites is 1. The number of fused-ring (bicyclic) bond motifs is 1. The van der Waals surface area contributed by atoms with E-state index in [0.717, 1.165) is 18.5 Å². The van der Waals surface area contributed by atoms with Gasteiger partial charge in [0.1, 0.15) is 0 Å². The number of rotatable bonds is 2. The second-order valence-electron chi connectivity index (χ2n) is 4.63. The minimum atomic E-state index is 0.543. The van der Waals surface area contributed by atoms with Gasteiger partial charge < -0.3 is 5.73 Å². The van der Waals surface area contributed by atoms with Crippen LogP contribution in [0.1, 0.15) is 28.9 Å². The van der Waals surface area contributed by atoms with E-state index >= 15 is 0 Å². The second-order valence-corrected chi connectivity index (χ2v) is 4.63. The van der Waals surface area contributed by atoms with Crippen LogP contribution in [0, 0.1) is 6.92 Å². The highest BCUT2D eigenvalue weighted by Gasteiger charge is 2.22. The zero-order chi connectivity index (χ0) is 11.8. The van der Waals surface area contributed by atoms with Crippen molar-refractivity contribution in [3.05, 3.63) is 46.8 Å². The Labute approximate surface area is 101 Å². The molecule has 88 valence electrons. The number of hydrogen-bond acceptors (Lipinski definition) is 2. The van der Waals surface area contributed by atoms with Gasteiger partial charge in [0.05, 0.1) is 11.4 Å². The van der Waals surface area contributed by atoms with Crippen molar-refractivity contribution in [3.63, 3.8) is 0 Å². The highest BCUT2D eigenvalue weighted by molar-refractivity contribution is 5.44. The Hall–Kier alpha value is -1.61. The number of nitrogens with two attached hydrogens (primary N) is 1. The standard InChI is InChI=1S/C14H17N3/c1-10-5-2-3-7-13(10)17-14-8-4-6-11(14)12(9-15)16-17/h2-3,5,7H,4,6,8-9,15H2,1H3. The van der Waals surface area contributed by atoms with Crippen LogP contribution >= 0.6 is 0 Å². The predicted octanol–water partition coefficient (Wildman–Crippen LogP) is 2.13. The van der Waals surface area contributed by atoms with E-state index in [9.17, 15) is 0 Å². The molecular formula is C14H17N3. The van der Waals surface area contributed by atoms with Crippen molar-refractivity contribution < 1.29 is 0 Å². The third-order valence-electron chi connectivity index (χ3n) is 3.55. The first kappa shape index (κ1) is 10.5. The lowest BCUT2D eigenvalue weighted by Gasteiger charge is -2.08. The fraction of sp³-hybridized carbons (Fsp3) is 0.357. The topological polar surface area (TPSA) is 43.8 Å². The van der Waals surface area contributed by atoms with Crippen LogP contribution in [0.3, 0.4) is 0 Å². The Morgan fingerprint density at radius 1 is 1.29 bits per heavy atom. The minimum absolute atomic E-state index is 0.543. The number of aryl methyl sites for hydroxylation is 1. The molecule has 0 aliphatic heterocycles. The van der Waals surface area contributed by atoms with Crippen molar-refractivity contribution in [1.29, 1.82) is 0 Å². The Morgan fingerprint density at radius 2 is 2.12 bits per heavy atom. The summed E-state index contributed by atoms with van der Waals surface area (Å²) in [5.74, 6) is 0. The Bertz CT molecular complexity index is 555. The van der Waals surface area contributed by atoms with Crippen LogP contribution in [0.25, 0.3) is 5.69 Å². The van der Waals surface area contributed by atoms with Crippen LogP contribution in [0.2, 0.25) is 0 Å². The summed E-state index contributed by atoms with van der Waals surface area (Å²) in [6, 6.07) is 8.38. The predicted molar refractivity (Wildman–Crippen MR) is 68.2 cm³/mol. The van der Waals surface area contributed by atoms with Gasteiger partial charge in [-0.3, -0.25) is 0 Å². The van der Waals surface area contributed by atoms with Gasteiger partial charge in [-0.2, -0.15) is 5.10 Å². The van der Waals surface area contributed by atoms with Gasteiger partial charge in [-0.25, -0.2) is 4.68 Å². The Kier molecular flexibility index (Phi) is 2.48. The van der Waals surface area contributed by atoms with E-state index in [2.05, 4.69) is 41.0 Å². The van der Waals surface area contributed by atoms with Crippen LogP contribution < -0.4 is 5.73 Å². The largest absolute Gasteiger partial charge is 0.325 e. The maximum absolute atomic E-state index is 5.78. The fourth-order valence-electron chi connectivity index (χ4n) is 2.68. The molecule has 3 rings (SSSR count). The molecule has 17 heavy (non-hydrogen) atoms. The summed E-state index contributed by atoms with van der Waals surface area (Å²) >= 11 is 0. The van der Waals surface area contributed by atoms with Gasteiger partial charge in [0.15, 0.2) is 0 Å². The normalized spacial score (nSPS) is 14.0. The molecule has 3 nitrogen and oxygen atoms in total. The summed E-state index contributed by atoms with van der Waals surface area (Å²) in [5, 5.41) is 4.67. The number of nitrogens with zero attached hydrogens (tertiary/aromatic N) is 2. The molecule has 1 aliphatic rings. The molecule has 0 atom stereocenters. The zero-order valence-electron chi connectivity index (χ0n) is 10.1. The lowest BCUT2D eigenvalue weighted by Crippen LogP contribution is -2.05. The molecule has 0 bridgehead atoms. The van der Waals surface area contributed by atoms with Gasteiger partial charge in [-0.15, -0.1) is 0 Å². The highest BCUT2D eigenvalue weighted by atomic mass is 15.3. The number of benzene rings is 1. The number of hydrogen-bond donors (Lipinski definition) is 1. The van der Waals surface area contributed by atoms with Gasteiger partial charge in [0.25, 0.3) is 0 Å². The average molecular weight is 227 g/mol. The maximum atomic E-state index is 5.78. The van der Waals surface area contributed by atoms with Crippen molar-refractivity contribution in [2.75, 3.05) is 0 Å². The van der Waals surface area contributed by atoms with Crippen LogP contribution in [-0.4, -0.2) is 9.78 Å². The van der Waals surface area contributed by atoms with E-state index in [1.165, 1.54) is 28.9 Å². The van der Waals surface area contributed by atoms with E-state index in [-0.39, 0.29) is 0 Å². The Balaban J connectivity index is 2.19. The molecule has 0 fully saturated rings. The van der Waals surface area contributed by atoms with E-state index in [1.54, 1.807) is 0 Å². The van der Waals surface area contributed by atoms with Gasteiger partial charge in [-0.1, -0.05) is 18.2 Å². The first-order valence-corrected chi connectivity index (χ1v) is 6.17. The lowest BCUT2D eigenvalue weighted by molar-refractivity contribution is 0.755. The smallest absolute Gasteiger partial charge is 0.0799 e. The molecule has 0 saturated heterocycles. The van der Waals surface area contributed by atoms with Gasteiger partial charge >= 0.3 is 0 Å². The van der Waals surface area contributed by atoms with Crippen molar-refractivity contribution in [1.82, 2.24) is 9.78 Å². The first-order valence-electron chi connectivity index (χ1n) is 6.17. The van der Waals surface area contributed by atoms with E-state index < -0.39 is 0 Å². The first-order chi connectivity index (χ1) is 8.31.